The van der Waals surface area contributed by atoms with Crippen LogP contribution in [0.15, 0.2) is 57.9 Å². The summed E-state index contributed by atoms with van der Waals surface area (Å²) in [5, 5.41) is 0.714. The predicted octanol–water partition coefficient (Wildman–Crippen LogP) is 8.47. The quantitative estimate of drug-likeness (QED) is 0.205. The van der Waals surface area contributed by atoms with Crippen LogP contribution in [0.4, 0.5) is 4.79 Å². The van der Waals surface area contributed by atoms with E-state index < -0.39 is 0 Å². The Morgan fingerprint density at radius 2 is 1.77 bits per heavy atom. The molecule has 3 aromatic carbocycles. The SMILES string of the molecule is CCOc1cc(/C=C2\SC(=O)N(CCOc3cc(C)ccc3C)C2=O)cc(Br)c1OCc1ccc(Cl)cc1Cl. The van der Waals surface area contributed by atoms with Crippen LogP contribution in [-0.4, -0.2) is 35.8 Å². The second-order valence-electron chi connectivity index (χ2n) is 8.74. The topological polar surface area (TPSA) is 65.1 Å². The third kappa shape index (κ3) is 7.31. The van der Waals surface area contributed by atoms with Crippen molar-refractivity contribution in [3.63, 3.8) is 0 Å². The highest BCUT2D eigenvalue weighted by atomic mass is 79.9. The summed E-state index contributed by atoms with van der Waals surface area (Å²) in [5.74, 6) is 1.37. The number of halogens is 3. The Hall–Kier alpha value is -2.65. The maximum absolute atomic E-state index is 13.0. The van der Waals surface area contributed by atoms with E-state index in [4.69, 9.17) is 37.4 Å². The molecule has 0 N–H and O–H groups in total. The van der Waals surface area contributed by atoms with Crippen LogP contribution in [0.25, 0.3) is 6.08 Å². The number of aryl methyl sites for hydroxylation is 2. The Morgan fingerprint density at radius 1 is 0.974 bits per heavy atom. The molecular formula is C29H26BrCl2NO5S. The average molecular weight is 651 g/mol. The fourth-order valence-electron chi connectivity index (χ4n) is 3.82. The summed E-state index contributed by atoms with van der Waals surface area (Å²) >= 11 is 16.7. The van der Waals surface area contributed by atoms with Gasteiger partial charge in [-0.3, -0.25) is 14.5 Å². The van der Waals surface area contributed by atoms with E-state index in [-0.39, 0.29) is 30.9 Å². The number of imide groups is 1. The van der Waals surface area contributed by atoms with Crippen molar-refractivity contribution in [3.8, 4) is 17.2 Å². The van der Waals surface area contributed by atoms with Crippen LogP contribution >= 0.6 is 50.9 Å². The lowest BCUT2D eigenvalue weighted by Crippen LogP contribution is -2.32. The molecule has 0 aliphatic carbocycles. The summed E-state index contributed by atoms with van der Waals surface area (Å²) in [4.78, 5) is 27.2. The van der Waals surface area contributed by atoms with Gasteiger partial charge in [-0.2, -0.15) is 0 Å². The van der Waals surface area contributed by atoms with Gasteiger partial charge in [0.2, 0.25) is 0 Å². The smallest absolute Gasteiger partial charge is 0.293 e. The first kappa shape index (κ1) is 29.3. The zero-order chi connectivity index (χ0) is 28.1. The monoisotopic (exact) mass is 649 g/mol. The van der Waals surface area contributed by atoms with E-state index in [0.717, 1.165) is 34.2 Å². The lowest BCUT2D eigenvalue weighted by Gasteiger charge is -2.16. The largest absolute Gasteiger partial charge is 0.491 e. The molecule has 0 saturated carbocycles. The van der Waals surface area contributed by atoms with E-state index in [1.165, 1.54) is 4.90 Å². The number of benzene rings is 3. The van der Waals surface area contributed by atoms with Gasteiger partial charge in [0, 0.05) is 15.6 Å². The number of ether oxygens (including phenoxy) is 3. The van der Waals surface area contributed by atoms with E-state index in [1.54, 1.807) is 36.4 Å². The van der Waals surface area contributed by atoms with Crippen molar-refractivity contribution in [3.05, 3.63) is 90.2 Å². The number of amides is 2. The van der Waals surface area contributed by atoms with Crippen molar-refractivity contribution in [2.24, 2.45) is 0 Å². The van der Waals surface area contributed by atoms with E-state index >= 15 is 0 Å². The van der Waals surface area contributed by atoms with Crippen LogP contribution in [0.1, 0.15) is 29.2 Å². The summed E-state index contributed by atoms with van der Waals surface area (Å²) in [6, 6.07) is 14.7. The number of nitrogens with zero attached hydrogens (tertiary/aromatic N) is 1. The highest BCUT2D eigenvalue weighted by Gasteiger charge is 2.35. The molecule has 2 amide bonds. The van der Waals surface area contributed by atoms with E-state index in [2.05, 4.69) is 15.9 Å². The molecular weight excluding hydrogens is 625 g/mol. The van der Waals surface area contributed by atoms with Crippen molar-refractivity contribution >= 4 is 68.1 Å². The second kappa shape index (κ2) is 13.1. The standard InChI is InChI=1S/C29H26BrCl2NO5S/c1-4-36-25-13-19(12-22(30)27(25)38-16-20-7-8-21(31)15-23(20)32)14-26-28(34)33(29(35)39-26)9-10-37-24-11-17(2)5-6-18(24)3/h5-8,11-15H,4,9-10,16H2,1-3H3/b26-14-. The molecule has 1 fully saturated rings. The van der Waals surface area contributed by atoms with Crippen LogP contribution < -0.4 is 14.2 Å². The first-order valence-electron chi connectivity index (χ1n) is 12.1. The van der Waals surface area contributed by atoms with Crippen LogP contribution in [0.2, 0.25) is 10.0 Å². The minimum absolute atomic E-state index is 0.156. The van der Waals surface area contributed by atoms with Gasteiger partial charge in [-0.15, -0.1) is 0 Å². The van der Waals surface area contributed by atoms with Gasteiger partial charge >= 0.3 is 0 Å². The fourth-order valence-corrected chi connectivity index (χ4v) is 5.72. The summed E-state index contributed by atoms with van der Waals surface area (Å²) in [6.45, 7) is 6.78. The minimum atomic E-state index is -0.360. The van der Waals surface area contributed by atoms with E-state index in [0.29, 0.717) is 43.1 Å². The van der Waals surface area contributed by atoms with Gasteiger partial charge in [0.05, 0.1) is 22.5 Å². The summed E-state index contributed by atoms with van der Waals surface area (Å²) in [5.41, 5.74) is 3.52. The van der Waals surface area contributed by atoms with Crippen LogP contribution in [0.5, 0.6) is 17.2 Å². The molecule has 0 radical (unpaired) electrons. The Labute approximate surface area is 250 Å². The maximum Gasteiger partial charge on any atom is 0.293 e. The summed E-state index contributed by atoms with van der Waals surface area (Å²) < 4.78 is 18.3. The fraction of sp³-hybridized carbons (Fsp3) is 0.241. The Bertz CT molecular complexity index is 1450. The van der Waals surface area contributed by atoms with Crippen LogP contribution in [0, 0.1) is 13.8 Å². The van der Waals surface area contributed by atoms with Crippen molar-refractivity contribution in [1.29, 1.82) is 0 Å². The highest BCUT2D eigenvalue weighted by Crippen LogP contribution is 2.40. The molecule has 10 heteroatoms. The molecule has 204 valence electrons. The molecule has 1 aliphatic rings. The van der Waals surface area contributed by atoms with Crippen LogP contribution in [-0.2, 0) is 11.4 Å². The summed E-state index contributed by atoms with van der Waals surface area (Å²) in [7, 11) is 0. The first-order chi connectivity index (χ1) is 18.7. The number of rotatable bonds is 10. The number of thioether (sulfide) groups is 1. The van der Waals surface area contributed by atoms with Crippen molar-refractivity contribution in [2.45, 2.75) is 27.4 Å². The van der Waals surface area contributed by atoms with Crippen molar-refractivity contribution in [2.75, 3.05) is 19.8 Å². The zero-order valence-corrected chi connectivity index (χ0v) is 25.5. The van der Waals surface area contributed by atoms with Gasteiger partial charge < -0.3 is 14.2 Å². The van der Waals surface area contributed by atoms with Gasteiger partial charge in [0.15, 0.2) is 11.5 Å². The van der Waals surface area contributed by atoms with Gasteiger partial charge in [-0.1, -0.05) is 41.4 Å². The second-order valence-corrected chi connectivity index (χ2v) is 11.4. The predicted molar refractivity (Wildman–Crippen MR) is 160 cm³/mol. The van der Waals surface area contributed by atoms with Gasteiger partial charge in [0.1, 0.15) is 19.0 Å². The maximum atomic E-state index is 13.0. The molecule has 1 aliphatic heterocycles. The molecule has 0 bridgehead atoms. The van der Waals surface area contributed by atoms with Crippen molar-refractivity contribution < 1.29 is 23.8 Å². The van der Waals surface area contributed by atoms with Crippen LogP contribution in [0.3, 0.4) is 0 Å². The van der Waals surface area contributed by atoms with E-state index in [9.17, 15) is 9.59 Å². The Morgan fingerprint density at radius 3 is 2.51 bits per heavy atom. The van der Waals surface area contributed by atoms with E-state index in [1.807, 2.05) is 39.0 Å². The third-order valence-corrected chi connectivity index (χ3v) is 7.89. The first-order valence-corrected chi connectivity index (χ1v) is 14.5. The molecule has 6 nitrogen and oxygen atoms in total. The zero-order valence-electron chi connectivity index (χ0n) is 21.6. The van der Waals surface area contributed by atoms with Gasteiger partial charge in [-0.25, -0.2) is 0 Å². The molecule has 3 aromatic rings. The molecule has 0 unspecified atom stereocenters. The highest BCUT2D eigenvalue weighted by molar-refractivity contribution is 9.10. The Balaban J connectivity index is 1.47. The van der Waals surface area contributed by atoms with Gasteiger partial charge in [-0.05, 0) is 102 Å². The molecule has 1 heterocycles. The third-order valence-electron chi connectivity index (χ3n) is 5.81. The Kier molecular flexibility index (Phi) is 9.88. The van der Waals surface area contributed by atoms with Gasteiger partial charge in [0.25, 0.3) is 11.1 Å². The summed E-state index contributed by atoms with van der Waals surface area (Å²) in [6.07, 6.45) is 1.67. The lowest BCUT2D eigenvalue weighted by molar-refractivity contribution is -0.123. The number of hydrogen-bond donors (Lipinski definition) is 0. The number of carbonyl (C=O) groups is 2. The minimum Gasteiger partial charge on any atom is -0.491 e. The molecule has 1 saturated heterocycles. The number of hydrogen-bond acceptors (Lipinski definition) is 6. The number of carbonyl (C=O) groups excluding carboxylic acids is 2. The van der Waals surface area contributed by atoms with Crippen molar-refractivity contribution in [1.82, 2.24) is 4.90 Å². The molecule has 0 spiro atoms. The normalized spacial score (nSPS) is 14.3. The molecule has 0 aromatic heterocycles. The lowest BCUT2D eigenvalue weighted by atomic mass is 10.1. The molecule has 4 rings (SSSR count). The molecule has 39 heavy (non-hydrogen) atoms. The average Bonchev–Trinajstić information content (AvgIpc) is 3.14. The molecule has 0 atom stereocenters.